The number of halogens is 1. The summed E-state index contributed by atoms with van der Waals surface area (Å²) in [6.07, 6.45) is 3.93. The highest BCUT2D eigenvalue weighted by Crippen LogP contribution is 2.41. The largest absolute Gasteiger partial charge is 0.423 e. The van der Waals surface area contributed by atoms with Crippen molar-refractivity contribution in [3.8, 4) is 6.07 Å². The normalized spacial score (nSPS) is 18.6. The second-order valence-electron chi connectivity index (χ2n) is 6.31. The molecule has 0 aromatic carbocycles. The number of nitrogens with zero attached hydrogens (tertiary/aromatic N) is 5. The Morgan fingerprint density at radius 2 is 2.08 bits per heavy atom. The first-order chi connectivity index (χ1) is 11.7. The van der Waals surface area contributed by atoms with Crippen LogP contribution < -0.4 is 4.90 Å². The molecule has 24 heavy (non-hydrogen) atoms. The number of hydrogen-bond donors (Lipinski definition) is 0. The summed E-state index contributed by atoms with van der Waals surface area (Å²) in [4.78, 5) is 12.9. The van der Waals surface area contributed by atoms with Crippen LogP contribution in [0.3, 0.4) is 0 Å². The van der Waals surface area contributed by atoms with E-state index in [0.717, 1.165) is 57.0 Å². The van der Waals surface area contributed by atoms with Crippen LogP contribution in [0.25, 0.3) is 0 Å². The molecule has 2 fully saturated rings. The van der Waals surface area contributed by atoms with E-state index in [9.17, 15) is 5.26 Å². The van der Waals surface area contributed by atoms with Gasteiger partial charge in [0.2, 0.25) is 17.5 Å². The Bertz CT molecular complexity index is 772. The first kappa shape index (κ1) is 15.4. The third-order valence-electron chi connectivity index (χ3n) is 4.55. The molecule has 1 saturated carbocycles. The second kappa shape index (κ2) is 6.42. The number of anilines is 1. The summed E-state index contributed by atoms with van der Waals surface area (Å²) >= 11 is 6.14. The molecule has 1 aliphatic heterocycles. The Morgan fingerprint density at radius 3 is 2.75 bits per heavy atom. The van der Waals surface area contributed by atoms with Crippen molar-refractivity contribution in [2.24, 2.45) is 0 Å². The Labute approximate surface area is 145 Å². The molecule has 0 amide bonds. The molecule has 7 heteroatoms. The van der Waals surface area contributed by atoms with Crippen molar-refractivity contribution in [3.05, 3.63) is 40.6 Å². The first-order valence-electron chi connectivity index (χ1n) is 8.22. The summed E-state index contributed by atoms with van der Waals surface area (Å²) < 4.78 is 5.88. The first-order valence-corrected chi connectivity index (χ1v) is 8.60. The van der Waals surface area contributed by atoms with Crippen molar-refractivity contribution in [2.75, 3.05) is 31.1 Å². The van der Waals surface area contributed by atoms with E-state index >= 15 is 0 Å². The van der Waals surface area contributed by atoms with Crippen LogP contribution in [0.2, 0.25) is 5.15 Å². The number of oxazole rings is 1. The lowest BCUT2D eigenvalue weighted by Gasteiger charge is -2.34. The number of nitriles is 1. The van der Waals surface area contributed by atoms with Gasteiger partial charge >= 0.3 is 0 Å². The predicted octanol–water partition coefficient (Wildman–Crippen LogP) is 2.79. The zero-order valence-corrected chi connectivity index (χ0v) is 14.0. The summed E-state index contributed by atoms with van der Waals surface area (Å²) in [5.74, 6) is 1.78. The molecule has 0 atom stereocenters. The van der Waals surface area contributed by atoms with Gasteiger partial charge in [0, 0.05) is 50.4 Å². The maximum Gasteiger partial charge on any atom is 0.234 e. The van der Waals surface area contributed by atoms with Gasteiger partial charge in [0.05, 0.1) is 0 Å². The number of hydrogen-bond acceptors (Lipinski definition) is 6. The molecule has 0 unspecified atom stereocenters. The van der Waals surface area contributed by atoms with Crippen molar-refractivity contribution in [1.82, 2.24) is 14.9 Å². The Hall–Kier alpha value is -2.10. The van der Waals surface area contributed by atoms with Crippen molar-refractivity contribution in [3.63, 3.8) is 0 Å². The highest BCUT2D eigenvalue weighted by Gasteiger charge is 2.32. The zero-order valence-electron chi connectivity index (χ0n) is 13.3. The van der Waals surface area contributed by atoms with E-state index in [1.165, 1.54) is 0 Å². The van der Waals surface area contributed by atoms with E-state index in [1.807, 2.05) is 12.1 Å². The van der Waals surface area contributed by atoms with Gasteiger partial charge < -0.3 is 9.32 Å². The smallest absolute Gasteiger partial charge is 0.234 e. The number of aromatic nitrogens is 2. The minimum Gasteiger partial charge on any atom is -0.423 e. The van der Waals surface area contributed by atoms with Gasteiger partial charge in [0.1, 0.15) is 11.2 Å². The van der Waals surface area contributed by atoms with E-state index in [-0.39, 0.29) is 0 Å². The molecule has 0 bridgehead atoms. The molecule has 3 heterocycles. The van der Waals surface area contributed by atoms with E-state index in [2.05, 4.69) is 25.8 Å². The lowest BCUT2D eigenvalue weighted by Crippen LogP contribution is -2.46. The van der Waals surface area contributed by atoms with Crippen LogP contribution >= 0.6 is 11.6 Å². The summed E-state index contributed by atoms with van der Waals surface area (Å²) in [6.45, 7) is 4.18. The summed E-state index contributed by atoms with van der Waals surface area (Å²) in [5, 5.41) is 9.88. The van der Waals surface area contributed by atoms with Gasteiger partial charge in [0.15, 0.2) is 0 Å². The predicted molar refractivity (Wildman–Crippen MR) is 89.9 cm³/mol. The number of pyridine rings is 1. The average molecular weight is 344 g/mol. The molecule has 1 aliphatic carbocycles. The van der Waals surface area contributed by atoms with E-state index < -0.39 is 0 Å². The maximum absolute atomic E-state index is 9.31. The van der Waals surface area contributed by atoms with E-state index in [4.69, 9.17) is 16.0 Å². The van der Waals surface area contributed by atoms with Crippen molar-refractivity contribution in [1.29, 1.82) is 5.26 Å². The Balaban J connectivity index is 1.41. The molecule has 0 spiro atoms. The Morgan fingerprint density at radius 1 is 1.29 bits per heavy atom. The second-order valence-corrected chi connectivity index (χ2v) is 6.67. The highest BCUT2D eigenvalue weighted by molar-refractivity contribution is 6.30. The van der Waals surface area contributed by atoms with Crippen LogP contribution in [-0.2, 0) is 6.54 Å². The topological polar surface area (TPSA) is 69.2 Å². The molecule has 0 N–H and O–H groups in total. The molecule has 124 valence electrons. The quantitative estimate of drug-likeness (QED) is 0.795. The fourth-order valence-electron chi connectivity index (χ4n) is 3.01. The van der Waals surface area contributed by atoms with E-state index in [0.29, 0.717) is 22.6 Å². The fraction of sp³-hybridized carbons (Fsp3) is 0.471. The lowest BCUT2D eigenvalue weighted by atomic mass is 10.2. The lowest BCUT2D eigenvalue weighted by molar-refractivity contribution is 0.245. The van der Waals surface area contributed by atoms with Crippen LogP contribution in [0.4, 0.5) is 5.88 Å². The molecular weight excluding hydrogens is 326 g/mol. The van der Waals surface area contributed by atoms with Gasteiger partial charge in [-0.05, 0) is 18.9 Å². The standard InChI is InChI=1S/C17H18ClN5O/c18-15-13(2-1-5-20-15)11-22-6-8-23(9-7-22)17-14(10-19)21-16(24-17)12-3-4-12/h1-2,5,12H,3-4,6-9,11H2. The van der Waals surface area contributed by atoms with Crippen LogP contribution in [0.1, 0.15) is 35.9 Å². The molecule has 4 rings (SSSR count). The van der Waals surface area contributed by atoms with Crippen LogP contribution in [0.5, 0.6) is 0 Å². The third kappa shape index (κ3) is 3.10. The van der Waals surface area contributed by atoms with Gasteiger partial charge in [-0.3, -0.25) is 4.90 Å². The van der Waals surface area contributed by atoms with Crippen molar-refractivity contribution >= 4 is 17.5 Å². The molecule has 2 aromatic heterocycles. The summed E-state index contributed by atoms with van der Waals surface area (Å²) in [7, 11) is 0. The Kier molecular flexibility index (Phi) is 4.13. The molecule has 2 aliphatic rings. The van der Waals surface area contributed by atoms with Crippen molar-refractivity contribution < 1.29 is 4.42 Å². The van der Waals surface area contributed by atoms with Gasteiger partial charge in [-0.1, -0.05) is 17.7 Å². The highest BCUT2D eigenvalue weighted by atomic mass is 35.5. The minimum atomic E-state index is 0.417. The molecular formula is C17H18ClN5O. The van der Waals surface area contributed by atoms with Crippen LogP contribution in [0, 0.1) is 11.3 Å². The van der Waals surface area contributed by atoms with Gasteiger partial charge in [0.25, 0.3) is 0 Å². The SMILES string of the molecule is N#Cc1nc(C2CC2)oc1N1CCN(Cc2cccnc2Cl)CC1. The van der Waals surface area contributed by atoms with Crippen molar-refractivity contribution in [2.45, 2.75) is 25.3 Å². The summed E-state index contributed by atoms with van der Waals surface area (Å²) in [5.41, 5.74) is 1.46. The van der Waals surface area contributed by atoms with Gasteiger partial charge in [-0.2, -0.15) is 5.26 Å². The minimum absolute atomic E-state index is 0.417. The van der Waals surface area contributed by atoms with Crippen LogP contribution in [-0.4, -0.2) is 41.0 Å². The summed E-state index contributed by atoms with van der Waals surface area (Å²) in [6, 6.07) is 6.08. The number of rotatable bonds is 4. The third-order valence-corrected chi connectivity index (χ3v) is 4.89. The maximum atomic E-state index is 9.31. The molecule has 2 aromatic rings. The number of piperazine rings is 1. The molecule has 0 radical (unpaired) electrons. The van der Waals surface area contributed by atoms with E-state index in [1.54, 1.807) is 6.20 Å². The fourth-order valence-corrected chi connectivity index (χ4v) is 3.19. The average Bonchev–Trinajstić information content (AvgIpc) is 3.37. The monoisotopic (exact) mass is 343 g/mol. The molecule has 6 nitrogen and oxygen atoms in total. The van der Waals surface area contributed by atoms with Crippen LogP contribution in [0.15, 0.2) is 22.7 Å². The molecule has 1 saturated heterocycles. The van der Waals surface area contributed by atoms with Gasteiger partial charge in [-0.15, -0.1) is 0 Å². The van der Waals surface area contributed by atoms with Gasteiger partial charge in [-0.25, -0.2) is 9.97 Å². The zero-order chi connectivity index (χ0) is 16.5.